The molecule has 8 nitrogen and oxygen atoms in total. The van der Waals surface area contributed by atoms with E-state index in [-0.39, 0.29) is 42.0 Å². The van der Waals surface area contributed by atoms with E-state index >= 15 is 0 Å². The molecule has 38 heavy (non-hydrogen) atoms. The van der Waals surface area contributed by atoms with Crippen molar-refractivity contribution in [3.63, 3.8) is 0 Å². The van der Waals surface area contributed by atoms with E-state index in [2.05, 4.69) is 16.0 Å². The van der Waals surface area contributed by atoms with Crippen LogP contribution in [0.3, 0.4) is 0 Å². The largest absolute Gasteiger partial charge is 0.492 e. The number of nitrogens with zero attached hydrogens (tertiary/aromatic N) is 1. The molecule has 3 rings (SSSR count). The zero-order valence-electron chi connectivity index (χ0n) is 23.4. The molecular formula is C29H45FN4O4. The Kier molecular flexibility index (Phi) is 11.4. The minimum atomic E-state index is -0.733. The first-order valence-electron chi connectivity index (χ1n) is 14.2. The second-order valence-electron chi connectivity index (χ2n) is 11.1. The molecule has 1 heterocycles. The van der Waals surface area contributed by atoms with Crippen LogP contribution in [-0.2, 0) is 20.8 Å². The topological polar surface area (TPSA) is 99.8 Å². The Labute approximate surface area is 226 Å². The van der Waals surface area contributed by atoms with Crippen molar-refractivity contribution < 1.29 is 23.5 Å². The Morgan fingerprint density at radius 3 is 2.50 bits per heavy atom. The molecule has 0 saturated heterocycles. The predicted molar refractivity (Wildman–Crippen MR) is 145 cm³/mol. The van der Waals surface area contributed by atoms with Gasteiger partial charge in [0.1, 0.15) is 30.3 Å². The molecule has 2 aliphatic rings. The Morgan fingerprint density at radius 1 is 1.05 bits per heavy atom. The molecule has 212 valence electrons. The van der Waals surface area contributed by atoms with E-state index in [9.17, 15) is 18.8 Å². The van der Waals surface area contributed by atoms with E-state index in [1.54, 1.807) is 20.0 Å². The molecule has 3 amide bonds. The van der Waals surface area contributed by atoms with Crippen molar-refractivity contribution in [3.05, 3.63) is 29.6 Å². The third-order valence-corrected chi connectivity index (χ3v) is 7.71. The molecule has 1 aromatic carbocycles. The summed E-state index contributed by atoms with van der Waals surface area (Å²) in [5.74, 6) is -0.255. The third-order valence-electron chi connectivity index (χ3n) is 7.71. The maximum atomic E-state index is 14.0. The molecule has 3 atom stereocenters. The van der Waals surface area contributed by atoms with Crippen LogP contribution in [0.15, 0.2) is 18.2 Å². The van der Waals surface area contributed by atoms with Gasteiger partial charge in [0, 0.05) is 26.2 Å². The first-order chi connectivity index (χ1) is 18.2. The number of carbonyl (C=O) groups excluding carboxylic acids is 3. The van der Waals surface area contributed by atoms with Gasteiger partial charge >= 0.3 is 0 Å². The molecule has 0 radical (unpaired) electrons. The summed E-state index contributed by atoms with van der Waals surface area (Å²) < 4.78 is 19.9. The van der Waals surface area contributed by atoms with Crippen LogP contribution < -0.4 is 20.7 Å². The van der Waals surface area contributed by atoms with Gasteiger partial charge < -0.3 is 25.6 Å². The monoisotopic (exact) mass is 532 g/mol. The molecule has 1 aliphatic heterocycles. The SMILES string of the molecule is CC(C)C[C@H]1NC(=O)[C@@H](C)N(C)C(=O)[C@H](C2CCCCC2)NCCOc2cc(F)ccc2CCCNC1=O. The summed E-state index contributed by atoms with van der Waals surface area (Å²) in [6, 6.07) is 2.64. The molecular weight excluding hydrogens is 487 g/mol. The lowest BCUT2D eigenvalue weighted by atomic mass is 9.83. The first-order valence-corrected chi connectivity index (χ1v) is 14.2. The number of hydrogen-bond donors (Lipinski definition) is 3. The van der Waals surface area contributed by atoms with E-state index in [1.807, 2.05) is 13.8 Å². The molecule has 1 aliphatic carbocycles. The van der Waals surface area contributed by atoms with Crippen molar-refractivity contribution in [3.8, 4) is 5.75 Å². The number of halogens is 1. The van der Waals surface area contributed by atoms with Crippen LogP contribution in [0.5, 0.6) is 5.75 Å². The van der Waals surface area contributed by atoms with Gasteiger partial charge in [-0.25, -0.2) is 4.39 Å². The number of likely N-dealkylation sites (N-methyl/N-ethyl adjacent to an activating group) is 1. The molecule has 0 unspecified atom stereocenters. The quantitative estimate of drug-likeness (QED) is 0.555. The van der Waals surface area contributed by atoms with Crippen LogP contribution in [0, 0.1) is 17.7 Å². The zero-order valence-corrected chi connectivity index (χ0v) is 23.4. The highest BCUT2D eigenvalue weighted by Gasteiger charge is 2.35. The molecule has 9 heteroatoms. The Morgan fingerprint density at radius 2 is 1.79 bits per heavy atom. The van der Waals surface area contributed by atoms with Crippen molar-refractivity contribution in [2.45, 2.75) is 90.3 Å². The number of benzene rings is 1. The van der Waals surface area contributed by atoms with Crippen LogP contribution in [0.1, 0.15) is 71.3 Å². The summed E-state index contributed by atoms with van der Waals surface area (Å²) in [6.07, 6.45) is 6.95. The number of ether oxygens (including phenoxy) is 1. The van der Waals surface area contributed by atoms with Gasteiger partial charge in [-0.3, -0.25) is 14.4 Å². The minimum Gasteiger partial charge on any atom is -0.492 e. The summed E-state index contributed by atoms with van der Waals surface area (Å²) >= 11 is 0. The lowest BCUT2D eigenvalue weighted by molar-refractivity contribution is -0.142. The van der Waals surface area contributed by atoms with Gasteiger partial charge in [-0.2, -0.15) is 0 Å². The van der Waals surface area contributed by atoms with Gasteiger partial charge in [0.2, 0.25) is 17.7 Å². The standard InChI is InChI=1S/C29H45FN4O4/c1-19(2)17-24-28(36)32-14-8-11-21-12-13-23(30)18-25(21)38-16-15-31-26(22-9-6-5-7-10-22)29(37)34(4)20(3)27(35)33-24/h12-13,18-20,22,24,26,31H,5-11,14-17H2,1-4H3,(H,32,36)(H,33,35)/t20-,24-,26+/m1/s1. The molecule has 0 bridgehead atoms. The van der Waals surface area contributed by atoms with Crippen molar-refractivity contribution in [1.29, 1.82) is 0 Å². The summed E-state index contributed by atoms with van der Waals surface area (Å²) in [5.41, 5.74) is 0.863. The lowest BCUT2D eigenvalue weighted by Crippen LogP contribution is -2.57. The Balaban J connectivity index is 1.85. The van der Waals surface area contributed by atoms with Gasteiger partial charge in [0.25, 0.3) is 0 Å². The average molecular weight is 533 g/mol. The molecule has 3 N–H and O–H groups in total. The van der Waals surface area contributed by atoms with E-state index in [0.29, 0.717) is 38.1 Å². The number of amides is 3. The van der Waals surface area contributed by atoms with Crippen molar-refractivity contribution in [2.75, 3.05) is 26.7 Å². The molecule has 1 aromatic rings. The number of rotatable bonds is 3. The smallest absolute Gasteiger partial charge is 0.243 e. The van der Waals surface area contributed by atoms with Crippen LogP contribution in [0.4, 0.5) is 4.39 Å². The number of fused-ring (bicyclic) bond motifs is 1. The number of aryl methyl sites for hydroxylation is 1. The fourth-order valence-corrected chi connectivity index (χ4v) is 5.36. The summed E-state index contributed by atoms with van der Waals surface area (Å²) in [7, 11) is 1.65. The van der Waals surface area contributed by atoms with Gasteiger partial charge in [0.05, 0.1) is 6.04 Å². The second-order valence-corrected chi connectivity index (χ2v) is 11.1. The zero-order chi connectivity index (χ0) is 27.7. The van der Waals surface area contributed by atoms with Crippen molar-refractivity contribution in [1.82, 2.24) is 20.9 Å². The van der Waals surface area contributed by atoms with Gasteiger partial charge in [-0.05, 0) is 62.5 Å². The maximum absolute atomic E-state index is 14.0. The van der Waals surface area contributed by atoms with Gasteiger partial charge in [-0.15, -0.1) is 0 Å². The summed E-state index contributed by atoms with van der Waals surface area (Å²) in [6.45, 7) is 6.81. The van der Waals surface area contributed by atoms with E-state index in [4.69, 9.17) is 4.74 Å². The van der Waals surface area contributed by atoms with E-state index in [1.165, 1.54) is 17.0 Å². The summed E-state index contributed by atoms with van der Waals surface area (Å²) in [5, 5.41) is 9.21. The highest BCUT2D eigenvalue weighted by Crippen LogP contribution is 2.28. The van der Waals surface area contributed by atoms with Crippen LogP contribution in [-0.4, -0.2) is 67.5 Å². The van der Waals surface area contributed by atoms with Crippen molar-refractivity contribution in [2.24, 2.45) is 11.8 Å². The highest BCUT2D eigenvalue weighted by atomic mass is 19.1. The minimum absolute atomic E-state index is 0.142. The number of nitrogens with one attached hydrogen (secondary N) is 3. The number of carbonyl (C=O) groups is 3. The maximum Gasteiger partial charge on any atom is 0.243 e. The molecule has 0 spiro atoms. The highest BCUT2D eigenvalue weighted by molar-refractivity contribution is 5.92. The fourth-order valence-electron chi connectivity index (χ4n) is 5.36. The predicted octanol–water partition coefficient (Wildman–Crippen LogP) is 3.18. The summed E-state index contributed by atoms with van der Waals surface area (Å²) in [4.78, 5) is 41.4. The van der Waals surface area contributed by atoms with Crippen molar-refractivity contribution >= 4 is 17.7 Å². The third kappa shape index (κ3) is 8.41. The van der Waals surface area contributed by atoms with E-state index < -0.39 is 18.1 Å². The molecule has 1 saturated carbocycles. The first kappa shape index (κ1) is 29.9. The Bertz CT molecular complexity index is 951. The van der Waals surface area contributed by atoms with Crippen LogP contribution in [0.2, 0.25) is 0 Å². The number of hydrogen-bond acceptors (Lipinski definition) is 5. The van der Waals surface area contributed by atoms with Crippen LogP contribution >= 0.6 is 0 Å². The van der Waals surface area contributed by atoms with Gasteiger partial charge in [-0.1, -0.05) is 39.2 Å². The Hall–Kier alpha value is -2.68. The molecule has 1 fully saturated rings. The van der Waals surface area contributed by atoms with Crippen LogP contribution in [0.25, 0.3) is 0 Å². The second kappa shape index (κ2) is 14.5. The fraction of sp³-hybridized carbons (Fsp3) is 0.690. The lowest BCUT2D eigenvalue weighted by Gasteiger charge is -2.35. The van der Waals surface area contributed by atoms with E-state index in [0.717, 1.165) is 37.7 Å². The normalized spacial score (nSPS) is 25.6. The molecule has 0 aromatic heterocycles. The van der Waals surface area contributed by atoms with Gasteiger partial charge in [0.15, 0.2) is 0 Å². The average Bonchev–Trinajstić information content (AvgIpc) is 2.90.